The number of carbonyl (C=O) groups is 1. The zero-order valence-electron chi connectivity index (χ0n) is 9.33. The van der Waals surface area contributed by atoms with Crippen molar-refractivity contribution in [3.8, 4) is 0 Å². The Hall–Kier alpha value is -0.790. The number of ether oxygens (including phenoxy) is 1. The number of esters is 1. The average molecular weight is 194 g/mol. The lowest BCUT2D eigenvalue weighted by molar-refractivity contribution is -0.147. The van der Waals surface area contributed by atoms with Crippen molar-refractivity contribution < 1.29 is 9.53 Å². The van der Waals surface area contributed by atoms with Gasteiger partial charge in [0.15, 0.2) is 0 Å². The van der Waals surface area contributed by atoms with Crippen molar-refractivity contribution in [3.05, 3.63) is 12.2 Å². The number of rotatable bonds is 1. The molecule has 2 bridgehead atoms. The summed E-state index contributed by atoms with van der Waals surface area (Å²) in [5.41, 5.74) is 0.435. The van der Waals surface area contributed by atoms with E-state index in [1.54, 1.807) is 0 Å². The quantitative estimate of drug-likeness (QED) is 0.473. The molecule has 0 N–H and O–H groups in total. The summed E-state index contributed by atoms with van der Waals surface area (Å²) in [6, 6.07) is 0. The Morgan fingerprint density at radius 2 is 2.07 bits per heavy atom. The largest absolute Gasteiger partial charge is 0.462 e. The summed E-state index contributed by atoms with van der Waals surface area (Å²) in [5, 5.41) is 0. The molecule has 0 saturated heterocycles. The Kier molecular flexibility index (Phi) is 1.82. The number of hydrogen-bond donors (Lipinski definition) is 0. The zero-order chi connectivity index (χ0) is 10.6. The van der Waals surface area contributed by atoms with Crippen molar-refractivity contribution in [1.82, 2.24) is 0 Å². The Bertz CT molecular complexity index is 303. The molecule has 2 aliphatic rings. The predicted molar refractivity (Wildman–Crippen MR) is 54.7 cm³/mol. The van der Waals surface area contributed by atoms with E-state index in [9.17, 15) is 4.79 Å². The van der Waals surface area contributed by atoms with E-state index in [4.69, 9.17) is 4.74 Å². The van der Waals surface area contributed by atoms with Crippen molar-refractivity contribution in [1.29, 1.82) is 0 Å². The molecule has 0 radical (unpaired) electrons. The summed E-state index contributed by atoms with van der Waals surface area (Å²) >= 11 is 0. The molecule has 0 spiro atoms. The van der Waals surface area contributed by atoms with E-state index in [0.717, 1.165) is 6.42 Å². The molecule has 1 fully saturated rings. The van der Waals surface area contributed by atoms with Crippen molar-refractivity contribution in [3.63, 3.8) is 0 Å². The normalized spacial score (nSPS) is 42.9. The third kappa shape index (κ3) is 1.06. The Labute approximate surface area is 85.3 Å². The van der Waals surface area contributed by atoms with E-state index < -0.39 is 0 Å². The second kappa shape index (κ2) is 2.62. The third-order valence-corrected chi connectivity index (χ3v) is 4.32. The lowest BCUT2D eigenvalue weighted by Gasteiger charge is -2.33. The molecule has 0 amide bonds. The first-order valence-corrected chi connectivity index (χ1v) is 5.23. The third-order valence-electron chi connectivity index (χ3n) is 4.32. The highest BCUT2D eigenvalue weighted by Gasteiger charge is 2.58. The van der Waals surface area contributed by atoms with Crippen LogP contribution in [0.4, 0.5) is 0 Å². The van der Waals surface area contributed by atoms with Crippen LogP contribution in [-0.4, -0.2) is 12.1 Å². The fourth-order valence-corrected chi connectivity index (χ4v) is 2.94. The van der Waals surface area contributed by atoms with Crippen molar-refractivity contribution >= 4 is 5.97 Å². The molecule has 2 nitrogen and oxygen atoms in total. The molecule has 0 aromatic rings. The molecule has 14 heavy (non-hydrogen) atoms. The standard InChI is InChI=1S/C12H18O2/c1-8(13)14-10-7-12(4)6-5-9(10)11(12,2)3/h5-6,9-10H,7H2,1-4H3. The zero-order valence-corrected chi connectivity index (χ0v) is 9.33. The van der Waals surface area contributed by atoms with Crippen LogP contribution in [0.2, 0.25) is 0 Å². The van der Waals surface area contributed by atoms with Crippen LogP contribution in [0.3, 0.4) is 0 Å². The van der Waals surface area contributed by atoms with Crippen molar-refractivity contribution in [2.75, 3.05) is 0 Å². The molecule has 0 aromatic carbocycles. The smallest absolute Gasteiger partial charge is 0.302 e. The van der Waals surface area contributed by atoms with E-state index in [1.807, 2.05) is 0 Å². The molecule has 2 aliphatic carbocycles. The summed E-state index contributed by atoms with van der Waals surface area (Å²) < 4.78 is 5.36. The van der Waals surface area contributed by atoms with Gasteiger partial charge in [-0.1, -0.05) is 32.9 Å². The maximum Gasteiger partial charge on any atom is 0.302 e. The molecule has 78 valence electrons. The van der Waals surface area contributed by atoms with Gasteiger partial charge in [-0.3, -0.25) is 4.79 Å². The highest BCUT2D eigenvalue weighted by Crippen LogP contribution is 2.62. The first-order valence-electron chi connectivity index (χ1n) is 5.23. The molecule has 3 unspecified atom stereocenters. The van der Waals surface area contributed by atoms with Gasteiger partial charge in [0.1, 0.15) is 6.10 Å². The van der Waals surface area contributed by atoms with Crippen LogP contribution < -0.4 is 0 Å². The topological polar surface area (TPSA) is 26.3 Å². The van der Waals surface area contributed by atoms with Gasteiger partial charge in [-0.15, -0.1) is 0 Å². The molecule has 2 rings (SSSR count). The van der Waals surface area contributed by atoms with Crippen LogP contribution in [0.15, 0.2) is 12.2 Å². The SMILES string of the molecule is CC(=O)OC1CC2(C)C=CC1C2(C)C. The molecule has 0 heterocycles. The van der Waals surface area contributed by atoms with Gasteiger partial charge in [-0.25, -0.2) is 0 Å². The first kappa shape index (κ1) is 9.75. The Morgan fingerprint density at radius 3 is 2.43 bits per heavy atom. The highest BCUT2D eigenvalue weighted by atomic mass is 16.5. The van der Waals surface area contributed by atoms with Gasteiger partial charge in [0.05, 0.1) is 0 Å². The summed E-state index contributed by atoms with van der Waals surface area (Å²) in [6.07, 6.45) is 5.58. The minimum Gasteiger partial charge on any atom is -0.462 e. The van der Waals surface area contributed by atoms with E-state index >= 15 is 0 Å². The number of allylic oxidation sites excluding steroid dienone is 1. The highest BCUT2D eigenvalue weighted by molar-refractivity contribution is 5.66. The lowest BCUT2D eigenvalue weighted by Crippen LogP contribution is -2.28. The Morgan fingerprint density at radius 1 is 1.43 bits per heavy atom. The number of carbonyl (C=O) groups excluding carboxylic acids is 1. The Balaban J connectivity index is 2.23. The summed E-state index contributed by atoms with van der Waals surface area (Å²) in [5.74, 6) is 0.242. The summed E-state index contributed by atoms with van der Waals surface area (Å²) in [7, 11) is 0. The summed E-state index contributed by atoms with van der Waals surface area (Å²) in [6.45, 7) is 8.28. The van der Waals surface area contributed by atoms with Crippen LogP contribution in [0, 0.1) is 16.7 Å². The monoisotopic (exact) mass is 194 g/mol. The number of hydrogen-bond acceptors (Lipinski definition) is 2. The van der Waals surface area contributed by atoms with Crippen LogP contribution in [0.25, 0.3) is 0 Å². The van der Waals surface area contributed by atoms with Crippen LogP contribution in [0.1, 0.15) is 34.1 Å². The predicted octanol–water partition coefficient (Wildman–Crippen LogP) is 2.54. The summed E-state index contributed by atoms with van der Waals surface area (Å²) in [4.78, 5) is 10.9. The van der Waals surface area contributed by atoms with Crippen molar-refractivity contribution in [2.24, 2.45) is 16.7 Å². The van der Waals surface area contributed by atoms with Crippen LogP contribution >= 0.6 is 0 Å². The minimum absolute atomic E-state index is 0.0949. The number of fused-ring (bicyclic) bond motifs is 2. The van der Waals surface area contributed by atoms with Gasteiger partial charge in [0.25, 0.3) is 0 Å². The van der Waals surface area contributed by atoms with Crippen LogP contribution in [0.5, 0.6) is 0 Å². The van der Waals surface area contributed by atoms with Gasteiger partial charge >= 0.3 is 5.97 Å². The second-order valence-corrected chi connectivity index (χ2v) is 5.38. The maximum atomic E-state index is 10.9. The molecular formula is C12H18O2. The van der Waals surface area contributed by atoms with E-state index in [0.29, 0.717) is 5.92 Å². The van der Waals surface area contributed by atoms with E-state index in [1.165, 1.54) is 6.92 Å². The van der Waals surface area contributed by atoms with Gasteiger partial charge in [0, 0.05) is 12.8 Å². The van der Waals surface area contributed by atoms with Gasteiger partial charge in [0.2, 0.25) is 0 Å². The maximum absolute atomic E-state index is 10.9. The van der Waals surface area contributed by atoms with E-state index in [2.05, 4.69) is 32.9 Å². The van der Waals surface area contributed by atoms with Gasteiger partial charge in [-0.2, -0.15) is 0 Å². The fourth-order valence-electron chi connectivity index (χ4n) is 2.94. The molecule has 0 aromatic heterocycles. The lowest BCUT2D eigenvalue weighted by atomic mass is 9.71. The first-order chi connectivity index (χ1) is 6.37. The molecule has 2 heteroatoms. The van der Waals surface area contributed by atoms with Crippen molar-refractivity contribution in [2.45, 2.75) is 40.2 Å². The van der Waals surface area contributed by atoms with Crippen LogP contribution in [-0.2, 0) is 9.53 Å². The fraction of sp³-hybridized carbons (Fsp3) is 0.750. The molecule has 3 atom stereocenters. The van der Waals surface area contributed by atoms with E-state index in [-0.39, 0.29) is 22.9 Å². The molecule has 1 saturated carbocycles. The molecule has 0 aliphatic heterocycles. The minimum atomic E-state index is -0.157. The van der Waals surface area contributed by atoms with Gasteiger partial charge in [-0.05, 0) is 17.3 Å². The molecular weight excluding hydrogens is 176 g/mol. The average Bonchev–Trinajstić information content (AvgIpc) is 2.31. The van der Waals surface area contributed by atoms with Gasteiger partial charge < -0.3 is 4.74 Å². The second-order valence-electron chi connectivity index (χ2n) is 5.38.